The third-order valence-electron chi connectivity index (χ3n) is 1.67. The molecule has 1 aliphatic rings. The van der Waals surface area contributed by atoms with Crippen LogP contribution in [0.1, 0.15) is 5.56 Å². The molecule has 0 atom stereocenters. The average Bonchev–Trinajstić information content (AvgIpc) is 2.04. The van der Waals surface area contributed by atoms with E-state index in [0.29, 0.717) is 6.42 Å². The first-order valence-electron chi connectivity index (χ1n) is 3.49. The monoisotopic (exact) mass is 148 g/mol. The molecule has 2 rings (SSSR count). The molecule has 1 aliphatic heterocycles. The van der Waals surface area contributed by atoms with Crippen molar-refractivity contribution in [3.63, 3.8) is 0 Å². The van der Waals surface area contributed by atoms with Crippen LogP contribution in [0.3, 0.4) is 0 Å². The van der Waals surface area contributed by atoms with E-state index in [0.717, 1.165) is 11.3 Å². The summed E-state index contributed by atoms with van der Waals surface area (Å²) in [5.41, 5.74) is 1.03. The summed E-state index contributed by atoms with van der Waals surface area (Å²) in [7, 11) is 0. The second-order valence-electron chi connectivity index (χ2n) is 2.51. The second-order valence-corrected chi connectivity index (χ2v) is 2.51. The van der Waals surface area contributed by atoms with E-state index in [1.807, 2.05) is 24.3 Å². The molecular weight excluding hydrogens is 140 g/mol. The van der Waals surface area contributed by atoms with Crippen molar-refractivity contribution in [3.8, 4) is 5.75 Å². The molecule has 0 amide bonds. The molecule has 2 nitrogen and oxygen atoms in total. The fraction of sp³-hybridized carbons (Fsp3) is 0.111. The van der Waals surface area contributed by atoms with Crippen LogP contribution in [0.15, 0.2) is 36.3 Å². The second kappa shape index (κ2) is 2.31. The van der Waals surface area contributed by atoms with E-state index in [4.69, 9.17) is 9.84 Å². The van der Waals surface area contributed by atoms with Crippen LogP contribution < -0.4 is 4.74 Å². The van der Waals surface area contributed by atoms with Gasteiger partial charge in [-0.1, -0.05) is 18.2 Å². The lowest BCUT2D eigenvalue weighted by Crippen LogP contribution is -2.01. The molecule has 0 saturated heterocycles. The summed E-state index contributed by atoms with van der Waals surface area (Å²) in [6.07, 6.45) is 1.96. The predicted octanol–water partition coefficient (Wildman–Crippen LogP) is 2.02. The fourth-order valence-corrected chi connectivity index (χ4v) is 1.13. The van der Waals surface area contributed by atoms with E-state index in [1.54, 1.807) is 0 Å². The van der Waals surface area contributed by atoms with E-state index in [2.05, 4.69) is 0 Å². The number of fused-ring (bicyclic) bond motifs is 1. The maximum Gasteiger partial charge on any atom is 0.132 e. The van der Waals surface area contributed by atoms with Crippen LogP contribution in [0.25, 0.3) is 0 Å². The molecule has 0 radical (unpaired) electrons. The van der Waals surface area contributed by atoms with Gasteiger partial charge in [-0.2, -0.15) is 0 Å². The van der Waals surface area contributed by atoms with Crippen LogP contribution in [0, 0.1) is 0 Å². The van der Waals surface area contributed by atoms with E-state index < -0.39 is 0 Å². The lowest BCUT2D eigenvalue weighted by molar-refractivity contribution is 0.340. The smallest absolute Gasteiger partial charge is 0.132 e. The normalized spacial score (nSPS) is 14.7. The van der Waals surface area contributed by atoms with Crippen molar-refractivity contribution in [2.75, 3.05) is 0 Å². The highest BCUT2D eigenvalue weighted by molar-refractivity contribution is 5.38. The molecule has 0 spiro atoms. The quantitative estimate of drug-likeness (QED) is 0.609. The minimum Gasteiger partial charge on any atom is -0.509 e. The third kappa shape index (κ3) is 1.07. The fourth-order valence-electron chi connectivity index (χ4n) is 1.13. The van der Waals surface area contributed by atoms with Crippen molar-refractivity contribution >= 4 is 0 Å². The van der Waals surface area contributed by atoms with Gasteiger partial charge in [-0.15, -0.1) is 0 Å². The molecule has 1 aromatic carbocycles. The summed E-state index contributed by atoms with van der Waals surface area (Å²) in [6.45, 7) is 0. The Labute approximate surface area is 64.7 Å². The van der Waals surface area contributed by atoms with Gasteiger partial charge in [0.25, 0.3) is 0 Å². The van der Waals surface area contributed by atoms with E-state index >= 15 is 0 Å². The summed E-state index contributed by atoms with van der Waals surface area (Å²) in [5, 5.41) is 9.09. The van der Waals surface area contributed by atoms with Crippen LogP contribution >= 0.6 is 0 Å². The topological polar surface area (TPSA) is 29.5 Å². The van der Waals surface area contributed by atoms with Crippen molar-refractivity contribution in [3.05, 3.63) is 41.9 Å². The molecule has 0 fully saturated rings. The number of benzene rings is 1. The minimum atomic E-state index is 0.281. The van der Waals surface area contributed by atoms with Gasteiger partial charge in [0.15, 0.2) is 0 Å². The van der Waals surface area contributed by atoms with Gasteiger partial charge in [-0.05, 0) is 6.07 Å². The van der Waals surface area contributed by atoms with Gasteiger partial charge in [0, 0.05) is 12.0 Å². The summed E-state index contributed by atoms with van der Waals surface area (Å²) in [5.74, 6) is 1.12. The van der Waals surface area contributed by atoms with Gasteiger partial charge in [0.2, 0.25) is 0 Å². The van der Waals surface area contributed by atoms with Crippen molar-refractivity contribution in [1.29, 1.82) is 0 Å². The number of hydrogen-bond donors (Lipinski definition) is 1. The largest absolute Gasteiger partial charge is 0.509 e. The van der Waals surface area contributed by atoms with Crippen molar-refractivity contribution in [2.45, 2.75) is 6.42 Å². The van der Waals surface area contributed by atoms with Gasteiger partial charge in [-0.25, -0.2) is 0 Å². The predicted molar refractivity (Wildman–Crippen MR) is 41.5 cm³/mol. The average molecular weight is 148 g/mol. The molecular formula is C9H8O2. The molecule has 11 heavy (non-hydrogen) atoms. The van der Waals surface area contributed by atoms with Gasteiger partial charge in [0.05, 0.1) is 0 Å². The number of hydrogen-bond acceptors (Lipinski definition) is 2. The van der Waals surface area contributed by atoms with E-state index in [9.17, 15) is 0 Å². The standard InChI is InChI=1S/C9H8O2/c10-8-5-7-3-1-2-4-9(7)11-6-8/h1-4,6,10H,5H2. The zero-order valence-electron chi connectivity index (χ0n) is 5.95. The molecule has 0 bridgehead atoms. The van der Waals surface area contributed by atoms with Crippen LogP contribution in [-0.2, 0) is 6.42 Å². The van der Waals surface area contributed by atoms with Gasteiger partial charge < -0.3 is 9.84 Å². The first-order valence-corrected chi connectivity index (χ1v) is 3.49. The van der Waals surface area contributed by atoms with Crippen LogP contribution in [-0.4, -0.2) is 5.11 Å². The number of allylic oxidation sites excluding steroid dienone is 1. The first-order chi connectivity index (χ1) is 5.36. The molecule has 0 aromatic heterocycles. The zero-order valence-corrected chi connectivity index (χ0v) is 5.95. The molecule has 56 valence electrons. The first kappa shape index (κ1) is 6.28. The maximum atomic E-state index is 9.09. The van der Waals surface area contributed by atoms with E-state index in [-0.39, 0.29) is 5.76 Å². The zero-order chi connectivity index (χ0) is 7.68. The maximum absolute atomic E-state index is 9.09. The Balaban J connectivity index is 2.42. The van der Waals surface area contributed by atoms with Gasteiger partial charge >= 0.3 is 0 Å². The third-order valence-corrected chi connectivity index (χ3v) is 1.67. The summed E-state index contributed by atoms with van der Waals surface area (Å²) < 4.78 is 5.12. The Hall–Kier alpha value is -1.44. The molecule has 1 aromatic rings. The Morgan fingerprint density at radius 3 is 3.00 bits per heavy atom. The van der Waals surface area contributed by atoms with Gasteiger partial charge in [0.1, 0.15) is 17.8 Å². The van der Waals surface area contributed by atoms with Gasteiger partial charge in [-0.3, -0.25) is 0 Å². The number of ether oxygens (including phenoxy) is 1. The molecule has 0 saturated carbocycles. The highest BCUT2D eigenvalue weighted by Crippen LogP contribution is 2.24. The molecule has 2 heteroatoms. The Bertz CT molecular complexity index is 302. The number of para-hydroxylation sites is 1. The van der Waals surface area contributed by atoms with Crippen molar-refractivity contribution in [2.24, 2.45) is 0 Å². The van der Waals surface area contributed by atoms with Crippen molar-refractivity contribution < 1.29 is 9.84 Å². The Kier molecular flexibility index (Phi) is 1.32. The number of aliphatic hydroxyl groups is 1. The molecule has 0 unspecified atom stereocenters. The van der Waals surface area contributed by atoms with Crippen LogP contribution in [0.5, 0.6) is 5.75 Å². The Morgan fingerprint density at radius 1 is 1.27 bits per heavy atom. The SMILES string of the molecule is OC1=COc2ccccc2C1. The van der Waals surface area contributed by atoms with Crippen LogP contribution in [0.2, 0.25) is 0 Å². The summed E-state index contributed by atoms with van der Waals surface area (Å²) >= 11 is 0. The van der Waals surface area contributed by atoms with Crippen LogP contribution in [0.4, 0.5) is 0 Å². The molecule has 1 N–H and O–H groups in total. The highest BCUT2D eigenvalue weighted by Gasteiger charge is 2.09. The molecule has 0 aliphatic carbocycles. The Morgan fingerprint density at radius 2 is 2.09 bits per heavy atom. The van der Waals surface area contributed by atoms with E-state index in [1.165, 1.54) is 6.26 Å². The number of aliphatic hydroxyl groups excluding tert-OH is 1. The minimum absolute atomic E-state index is 0.281. The summed E-state index contributed by atoms with van der Waals surface area (Å²) in [6, 6.07) is 7.67. The lowest BCUT2D eigenvalue weighted by Gasteiger charge is -2.12. The lowest BCUT2D eigenvalue weighted by atomic mass is 10.1. The number of rotatable bonds is 0. The highest BCUT2D eigenvalue weighted by atomic mass is 16.5. The summed E-state index contributed by atoms with van der Waals surface area (Å²) in [4.78, 5) is 0. The molecule has 1 heterocycles. The van der Waals surface area contributed by atoms with Crippen molar-refractivity contribution in [1.82, 2.24) is 0 Å².